The smallest absolute Gasteiger partial charge is 0.270 e. The molecule has 1 aromatic carbocycles. The summed E-state index contributed by atoms with van der Waals surface area (Å²) < 4.78 is 5.19. The molecule has 4 nitrogen and oxygen atoms in total. The molecular formula is C16H14N2O2. The Morgan fingerprint density at radius 2 is 2.05 bits per heavy atom. The molecule has 1 aromatic heterocycles. The molecule has 0 unspecified atom stereocenters. The SMILES string of the molecule is COc1ccccc1C#CCNC(=O)c1ccccn1. The van der Waals surface area contributed by atoms with Crippen molar-refractivity contribution >= 4 is 5.91 Å². The van der Waals surface area contributed by atoms with Crippen molar-refractivity contribution in [3.05, 3.63) is 59.9 Å². The number of pyridine rings is 1. The number of ether oxygens (including phenoxy) is 1. The van der Waals surface area contributed by atoms with E-state index in [9.17, 15) is 4.79 Å². The Morgan fingerprint density at radius 1 is 1.25 bits per heavy atom. The summed E-state index contributed by atoms with van der Waals surface area (Å²) in [5.74, 6) is 6.33. The predicted octanol–water partition coefficient (Wildman–Crippen LogP) is 1.87. The molecule has 0 bridgehead atoms. The number of nitrogens with one attached hydrogen (secondary N) is 1. The molecule has 1 amide bonds. The summed E-state index contributed by atoms with van der Waals surface area (Å²) in [6.45, 7) is 0.257. The second-order valence-corrected chi connectivity index (χ2v) is 3.90. The van der Waals surface area contributed by atoms with Crippen LogP contribution in [0.15, 0.2) is 48.7 Å². The van der Waals surface area contributed by atoms with Gasteiger partial charge in [0.05, 0.1) is 19.2 Å². The van der Waals surface area contributed by atoms with Gasteiger partial charge < -0.3 is 10.1 Å². The highest BCUT2D eigenvalue weighted by Gasteiger charge is 2.03. The summed E-state index contributed by atoms with van der Waals surface area (Å²) in [5.41, 5.74) is 1.17. The molecule has 20 heavy (non-hydrogen) atoms. The average molecular weight is 266 g/mol. The fourth-order valence-electron chi connectivity index (χ4n) is 1.60. The topological polar surface area (TPSA) is 51.2 Å². The van der Waals surface area contributed by atoms with Crippen LogP contribution < -0.4 is 10.1 Å². The minimum Gasteiger partial charge on any atom is -0.495 e. The molecule has 0 fully saturated rings. The summed E-state index contributed by atoms with van der Waals surface area (Å²) in [7, 11) is 1.60. The van der Waals surface area contributed by atoms with Gasteiger partial charge in [-0.05, 0) is 24.3 Å². The zero-order valence-electron chi connectivity index (χ0n) is 11.1. The zero-order valence-corrected chi connectivity index (χ0v) is 11.1. The number of aromatic nitrogens is 1. The lowest BCUT2D eigenvalue weighted by molar-refractivity contribution is 0.0954. The van der Waals surface area contributed by atoms with Gasteiger partial charge in [0.1, 0.15) is 11.4 Å². The lowest BCUT2D eigenvalue weighted by Crippen LogP contribution is -2.24. The molecular weight excluding hydrogens is 252 g/mol. The molecule has 0 aliphatic heterocycles. The van der Waals surface area contributed by atoms with Crippen molar-refractivity contribution < 1.29 is 9.53 Å². The standard InChI is InChI=1S/C16H14N2O2/c1-20-15-10-3-2-7-13(15)8-6-12-18-16(19)14-9-4-5-11-17-14/h2-5,7,9-11H,12H2,1H3,(H,18,19). The zero-order chi connectivity index (χ0) is 14.2. The molecule has 2 rings (SSSR count). The highest BCUT2D eigenvalue weighted by atomic mass is 16.5. The van der Waals surface area contributed by atoms with Gasteiger partial charge in [-0.3, -0.25) is 9.78 Å². The van der Waals surface area contributed by atoms with Crippen molar-refractivity contribution in [3.63, 3.8) is 0 Å². The largest absolute Gasteiger partial charge is 0.495 e. The van der Waals surface area contributed by atoms with Gasteiger partial charge in [-0.1, -0.05) is 30.0 Å². The van der Waals surface area contributed by atoms with Crippen LogP contribution >= 0.6 is 0 Å². The van der Waals surface area contributed by atoms with Crippen LogP contribution in [0, 0.1) is 11.8 Å². The van der Waals surface area contributed by atoms with E-state index in [0.717, 1.165) is 11.3 Å². The molecule has 2 aromatic rings. The van der Waals surface area contributed by atoms with E-state index in [1.165, 1.54) is 0 Å². The summed E-state index contributed by atoms with van der Waals surface area (Å²) in [6, 6.07) is 12.7. The number of carbonyl (C=O) groups excluding carboxylic acids is 1. The number of methoxy groups -OCH3 is 1. The van der Waals surface area contributed by atoms with Crippen LogP contribution in [-0.2, 0) is 0 Å². The van der Waals surface area contributed by atoms with Gasteiger partial charge >= 0.3 is 0 Å². The van der Waals surface area contributed by atoms with Gasteiger partial charge in [-0.2, -0.15) is 0 Å². The van der Waals surface area contributed by atoms with Crippen LogP contribution in [0.25, 0.3) is 0 Å². The van der Waals surface area contributed by atoms with Gasteiger partial charge in [0.15, 0.2) is 0 Å². The van der Waals surface area contributed by atoms with E-state index < -0.39 is 0 Å². The first-order valence-electron chi connectivity index (χ1n) is 6.12. The summed E-state index contributed by atoms with van der Waals surface area (Å²) in [5, 5.41) is 2.69. The van der Waals surface area contributed by atoms with Crippen molar-refractivity contribution in [2.24, 2.45) is 0 Å². The third-order valence-electron chi connectivity index (χ3n) is 2.56. The maximum Gasteiger partial charge on any atom is 0.270 e. The first kappa shape index (κ1) is 13.6. The third-order valence-corrected chi connectivity index (χ3v) is 2.56. The van der Waals surface area contributed by atoms with E-state index in [4.69, 9.17) is 4.74 Å². The molecule has 0 aliphatic rings. The van der Waals surface area contributed by atoms with E-state index in [2.05, 4.69) is 22.1 Å². The predicted molar refractivity (Wildman–Crippen MR) is 76.4 cm³/mol. The molecule has 0 aliphatic carbocycles. The molecule has 100 valence electrons. The van der Waals surface area contributed by atoms with Crippen molar-refractivity contribution in [3.8, 4) is 17.6 Å². The number of rotatable bonds is 3. The van der Waals surface area contributed by atoms with Gasteiger partial charge in [0.25, 0.3) is 5.91 Å². The normalized spacial score (nSPS) is 9.25. The maximum absolute atomic E-state index is 11.7. The minimum atomic E-state index is -0.236. The lowest BCUT2D eigenvalue weighted by atomic mass is 10.2. The summed E-state index contributed by atoms with van der Waals surface area (Å²) in [4.78, 5) is 15.7. The Kier molecular flexibility index (Phi) is 4.74. The van der Waals surface area contributed by atoms with Gasteiger partial charge in [-0.25, -0.2) is 0 Å². The van der Waals surface area contributed by atoms with E-state index in [-0.39, 0.29) is 12.5 Å². The molecule has 1 N–H and O–H groups in total. The number of amides is 1. The highest BCUT2D eigenvalue weighted by Crippen LogP contribution is 2.15. The molecule has 0 spiro atoms. The van der Waals surface area contributed by atoms with Crippen molar-refractivity contribution in [1.29, 1.82) is 0 Å². The van der Waals surface area contributed by atoms with Crippen molar-refractivity contribution in [2.45, 2.75) is 0 Å². The molecule has 0 radical (unpaired) electrons. The Balaban J connectivity index is 1.94. The number of para-hydroxylation sites is 1. The third kappa shape index (κ3) is 3.59. The summed E-state index contributed by atoms with van der Waals surface area (Å²) in [6.07, 6.45) is 1.58. The fourth-order valence-corrected chi connectivity index (χ4v) is 1.60. The van der Waals surface area contributed by atoms with Crippen LogP contribution in [0.3, 0.4) is 0 Å². The highest BCUT2D eigenvalue weighted by molar-refractivity contribution is 5.92. The van der Waals surface area contributed by atoms with Crippen LogP contribution in [-0.4, -0.2) is 24.5 Å². The van der Waals surface area contributed by atoms with Crippen molar-refractivity contribution in [2.75, 3.05) is 13.7 Å². The van der Waals surface area contributed by atoms with E-state index in [1.54, 1.807) is 31.5 Å². The van der Waals surface area contributed by atoms with Crippen LogP contribution in [0.5, 0.6) is 5.75 Å². The van der Waals surface area contributed by atoms with E-state index in [0.29, 0.717) is 5.69 Å². The first-order chi connectivity index (χ1) is 9.81. The quantitative estimate of drug-likeness (QED) is 0.863. The average Bonchev–Trinajstić information content (AvgIpc) is 2.52. The molecule has 4 heteroatoms. The second kappa shape index (κ2) is 6.95. The minimum absolute atomic E-state index is 0.236. The van der Waals surface area contributed by atoms with Gasteiger partial charge in [0, 0.05) is 6.20 Å². The van der Waals surface area contributed by atoms with Gasteiger partial charge in [0.2, 0.25) is 0 Å². The fraction of sp³-hybridized carbons (Fsp3) is 0.125. The Bertz CT molecular complexity index is 642. The van der Waals surface area contributed by atoms with Crippen LogP contribution in [0.1, 0.15) is 16.1 Å². The molecule has 0 atom stereocenters. The number of hydrogen-bond donors (Lipinski definition) is 1. The van der Waals surface area contributed by atoms with E-state index in [1.807, 2.05) is 24.3 Å². The molecule has 0 saturated heterocycles. The Labute approximate surface area is 117 Å². The molecule has 1 heterocycles. The number of nitrogens with zero attached hydrogens (tertiary/aromatic N) is 1. The van der Waals surface area contributed by atoms with Crippen molar-refractivity contribution in [1.82, 2.24) is 10.3 Å². The maximum atomic E-state index is 11.7. The monoisotopic (exact) mass is 266 g/mol. The second-order valence-electron chi connectivity index (χ2n) is 3.90. The number of hydrogen-bond acceptors (Lipinski definition) is 3. The number of benzene rings is 1. The Morgan fingerprint density at radius 3 is 2.80 bits per heavy atom. The molecule has 0 saturated carbocycles. The van der Waals surface area contributed by atoms with Crippen LogP contribution in [0.2, 0.25) is 0 Å². The Hall–Kier alpha value is -2.80. The lowest BCUT2D eigenvalue weighted by Gasteiger charge is -2.01. The summed E-state index contributed by atoms with van der Waals surface area (Å²) >= 11 is 0. The van der Waals surface area contributed by atoms with Gasteiger partial charge in [-0.15, -0.1) is 0 Å². The van der Waals surface area contributed by atoms with Crippen LogP contribution in [0.4, 0.5) is 0 Å². The number of carbonyl (C=O) groups is 1. The van der Waals surface area contributed by atoms with E-state index >= 15 is 0 Å². The first-order valence-corrected chi connectivity index (χ1v) is 6.12.